The molecule has 1 amide bonds. The van der Waals surface area contributed by atoms with Crippen LogP contribution in [0.2, 0.25) is 0 Å². The standard InChI is InChI=1S/C23H26FNO2/c24-20-9-6-8-19(14-20)23(11-4-1-5-12-23)22(26)25-15-17-13-18-7-2-3-10-21(18)27-16-17/h2-3,6-10,14,17H,1,4-5,11-13,15-16H2,(H,25,26)/t17-/m0/s1. The molecule has 0 aromatic heterocycles. The van der Waals surface area contributed by atoms with E-state index in [1.807, 2.05) is 24.3 Å². The van der Waals surface area contributed by atoms with E-state index in [1.54, 1.807) is 6.07 Å². The van der Waals surface area contributed by atoms with Gasteiger partial charge in [0.1, 0.15) is 11.6 Å². The lowest BCUT2D eigenvalue weighted by Crippen LogP contribution is -2.48. The van der Waals surface area contributed by atoms with Crippen molar-refractivity contribution in [1.82, 2.24) is 5.32 Å². The summed E-state index contributed by atoms with van der Waals surface area (Å²) in [5, 5.41) is 3.17. The first-order valence-corrected chi connectivity index (χ1v) is 9.92. The second-order valence-electron chi connectivity index (χ2n) is 7.85. The van der Waals surface area contributed by atoms with Gasteiger partial charge in [0.05, 0.1) is 12.0 Å². The van der Waals surface area contributed by atoms with Crippen LogP contribution in [0.4, 0.5) is 4.39 Å². The molecular weight excluding hydrogens is 341 g/mol. The van der Waals surface area contributed by atoms with Gasteiger partial charge in [-0.1, -0.05) is 49.6 Å². The number of nitrogens with one attached hydrogen (secondary N) is 1. The maximum absolute atomic E-state index is 13.8. The van der Waals surface area contributed by atoms with E-state index in [-0.39, 0.29) is 17.6 Å². The summed E-state index contributed by atoms with van der Waals surface area (Å²) in [5.74, 6) is 0.967. The Bertz CT molecular complexity index is 814. The summed E-state index contributed by atoms with van der Waals surface area (Å²) in [6.45, 7) is 1.20. The molecular formula is C23H26FNO2. The third kappa shape index (κ3) is 3.71. The molecule has 0 radical (unpaired) electrons. The molecule has 3 nitrogen and oxygen atoms in total. The Labute approximate surface area is 159 Å². The minimum atomic E-state index is -0.603. The number of ether oxygens (including phenoxy) is 1. The van der Waals surface area contributed by atoms with Gasteiger partial charge in [-0.25, -0.2) is 4.39 Å². The molecule has 142 valence electrons. The highest BCUT2D eigenvalue weighted by atomic mass is 19.1. The van der Waals surface area contributed by atoms with Crippen molar-refractivity contribution in [3.63, 3.8) is 0 Å². The van der Waals surface area contributed by atoms with Crippen molar-refractivity contribution in [2.24, 2.45) is 5.92 Å². The number of benzene rings is 2. The number of para-hydroxylation sites is 1. The van der Waals surface area contributed by atoms with Gasteiger partial charge in [0.15, 0.2) is 0 Å². The Morgan fingerprint density at radius 3 is 2.74 bits per heavy atom. The average Bonchev–Trinajstić information content (AvgIpc) is 2.72. The van der Waals surface area contributed by atoms with Crippen molar-refractivity contribution in [1.29, 1.82) is 0 Å². The SMILES string of the molecule is O=C(NC[C@H]1COc2ccccc2C1)C1(c2cccc(F)c2)CCCCC1. The van der Waals surface area contributed by atoms with Crippen molar-refractivity contribution >= 4 is 5.91 Å². The third-order valence-electron chi connectivity index (χ3n) is 6.03. The molecule has 2 aromatic carbocycles. The van der Waals surface area contributed by atoms with E-state index in [9.17, 15) is 9.18 Å². The monoisotopic (exact) mass is 367 g/mol. The molecule has 1 fully saturated rings. The quantitative estimate of drug-likeness (QED) is 0.870. The fourth-order valence-electron chi connectivity index (χ4n) is 4.52. The first-order valence-electron chi connectivity index (χ1n) is 9.92. The number of carbonyl (C=O) groups excluding carboxylic acids is 1. The fraction of sp³-hybridized carbons (Fsp3) is 0.435. The maximum atomic E-state index is 13.8. The van der Waals surface area contributed by atoms with Gasteiger partial charge in [0, 0.05) is 12.5 Å². The van der Waals surface area contributed by atoms with Crippen LogP contribution in [0.25, 0.3) is 0 Å². The van der Waals surface area contributed by atoms with Crippen LogP contribution in [0.3, 0.4) is 0 Å². The van der Waals surface area contributed by atoms with Gasteiger partial charge in [-0.2, -0.15) is 0 Å². The highest BCUT2D eigenvalue weighted by Crippen LogP contribution is 2.40. The van der Waals surface area contributed by atoms with Crippen LogP contribution in [0.1, 0.15) is 43.2 Å². The predicted octanol–water partition coefficient (Wildman–Crippen LogP) is 4.40. The number of rotatable bonds is 4. The predicted molar refractivity (Wildman–Crippen MR) is 103 cm³/mol. The number of hydrogen-bond acceptors (Lipinski definition) is 2. The molecule has 0 bridgehead atoms. The van der Waals surface area contributed by atoms with Gasteiger partial charge in [-0.3, -0.25) is 4.79 Å². The minimum absolute atomic E-state index is 0.0339. The number of carbonyl (C=O) groups is 1. The van der Waals surface area contributed by atoms with Gasteiger partial charge in [-0.15, -0.1) is 0 Å². The first-order chi connectivity index (χ1) is 13.2. The van der Waals surface area contributed by atoms with Crippen LogP contribution >= 0.6 is 0 Å². The molecule has 1 aliphatic heterocycles. The molecule has 27 heavy (non-hydrogen) atoms. The highest BCUT2D eigenvalue weighted by Gasteiger charge is 2.41. The molecule has 1 atom stereocenters. The highest BCUT2D eigenvalue weighted by molar-refractivity contribution is 5.88. The molecule has 0 spiro atoms. The van der Waals surface area contributed by atoms with E-state index < -0.39 is 5.41 Å². The van der Waals surface area contributed by atoms with Crippen molar-refractivity contribution in [2.45, 2.75) is 43.9 Å². The molecule has 1 N–H and O–H groups in total. The molecule has 4 rings (SSSR count). The largest absolute Gasteiger partial charge is 0.493 e. The summed E-state index contributed by atoms with van der Waals surface area (Å²) in [6, 6.07) is 14.6. The summed E-state index contributed by atoms with van der Waals surface area (Å²) in [4.78, 5) is 13.2. The zero-order valence-electron chi connectivity index (χ0n) is 15.5. The lowest BCUT2D eigenvalue weighted by Gasteiger charge is -2.37. The topological polar surface area (TPSA) is 38.3 Å². The van der Waals surface area contributed by atoms with Crippen LogP contribution < -0.4 is 10.1 Å². The molecule has 2 aromatic rings. The molecule has 4 heteroatoms. The first kappa shape index (κ1) is 18.0. The van der Waals surface area contributed by atoms with E-state index in [0.29, 0.717) is 13.2 Å². The van der Waals surface area contributed by atoms with Crippen LogP contribution in [-0.4, -0.2) is 19.1 Å². The molecule has 1 heterocycles. The van der Waals surface area contributed by atoms with E-state index in [0.717, 1.165) is 49.8 Å². The lowest BCUT2D eigenvalue weighted by atomic mass is 9.68. The summed E-state index contributed by atoms with van der Waals surface area (Å²) in [6.07, 6.45) is 5.62. The van der Waals surface area contributed by atoms with E-state index in [1.165, 1.54) is 17.7 Å². The second-order valence-corrected chi connectivity index (χ2v) is 7.85. The smallest absolute Gasteiger partial charge is 0.230 e. The minimum Gasteiger partial charge on any atom is -0.493 e. The van der Waals surface area contributed by atoms with Crippen molar-refractivity contribution < 1.29 is 13.9 Å². The summed E-state index contributed by atoms with van der Waals surface area (Å²) in [5.41, 5.74) is 1.40. The Hall–Kier alpha value is -2.36. The molecule has 1 saturated carbocycles. The fourth-order valence-corrected chi connectivity index (χ4v) is 4.52. The Balaban J connectivity index is 1.47. The van der Waals surface area contributed by atoms with Gasteiger partial charge >= 0.3 is 0 Å². The Morgan fingerprint density at radius 1 is 1.11 bits per heavy atom. The summed E-state index contributed by atoms with van der Waals surface area (Å²) < 4.78 is 19.7. The van der Waals surface area contributed by atoms with Crippen LogP contribution in [0, 0.1) is 11.7 Å². The summed E-state index contributed by atoms with van der Waals surface area (Å²) in [7, 11) is 0. The molecule has 0 unspecified atom stereocenters. The van der Waals surface area contributed by atoms with Gasteiger partial charge in [0.25, 0.3) is 0 Å². The average molecular weight is 367 g/mol. The lowest BCUT2D eigenvalue weighted by molar-refractivity contribution is -0.128. The van der Waals surface area contributed by atoms with E-state index >= 15 is 0 Å². The van der Waals surface area contributed by atoms with Crippen molar-refractivity contribution in [3.05, 3.63) is 65.5 Å². The Kier molecular flexibility index (Phi) is 5.15. The molecule has 0 saturated heterocycles. The van der Waals surface area contributed by atoms with Gasteiger partial charge < -0.3 is 10.1 Å². The number of halogens is 1. The summed E-state index contributed by atoms with van der Waals surface area (Å²) >= 11 is 0. The zero-order valence-corrected chi connectivity index (χ0v) is 15.5. The molecule has 1 aliphatic carbocycles. The third-order valence-corrected chi connectivity index (χ3v) is 6.03. The van der Waals surface area contributed by atoms with E-state index in [4.69, 9.17) is 4.74 Å². The van der Waals surface area contributed by atoms with E-state index in [2.05, 4.69) is 11.4 Å². The van der Waals surface area contributed by atoms with Crippen LogP contribution in [0.15, 0.2) is 48.5 Å². The number of amides is 1. The van der Waals surface area contributed by atoms with Crippen molar-refractivity contribution in [3.8, 4) is 5.75 Å². The zero-order chi connectivity index (χ0) is 18.7. The molecule has 2 aliphatic rings. The number of fused-ring (bicyclic) bond motifs is 1. The Morgan fingerprint density at radius 2 is 1.93 bits per heavy atom. The van der Waals surface area contributed by atoms with Crippen LogP contribution in [-0.2, 0) is 16.6 Å². The van der Waals surface area contributed by atoms with Gasteiger partial charge in [0.2, 0.25) is 5.91 Å². The maximum Gasteiger partial charge on any atom is 0.230 e. The van der Waals surface area contributed by atoms with Gasteiger partial charge in [-0.05, 0) is 48.6 Å². The normalized spacial score (nSPS) is 21.0. The van der Waals surface area contributed by atoms with Crippen molar-refractivity contribution in [2.75, 3.05) is 13.2 Å². The second kappa shape index (κ2) is 7.71. The van der Waals surface area contributed by atoms with Crippen LogP contribution in [0.5, 0.6) is 5.75 Å². The number of hydrogen-bond donors (Lipinski definition) is 1.